The number of aromatic nitrogens is 2. The number of aryl methyl sites for hydroxylation is 2. The SMILES string of the molecule is Cc1nc(SCCNc2ccc(F)cc2)nc(C)c1C. The van der Waals surface area contributed by atoms with Crippen molar-refractivity contribution in [1.82, 2.24) is 9.97 Å². The van der Waals surface area contributed by atoms with Crippen LogP contribution in [0.15, 0.2) is 29.4 Å². The highest BCUT2D eigenvalue weighted by Crippen LogP contribution is 2.17. The van der Waals surface area contributed by atoms with E-state index in [4.69, 9.17) is 0 Å². The Morgan fingerprint density at radius 1 is 1.05 bits per heavy atom. The molecule has 1 N–H and O–H groups in total. The molecule has 2 aromatic rings. The molecule has 20 heavy (non-hydrogen) atoms. The molecule has 0 bridgehead atoms. The van der Waals surface area contributed by atoms with E-state index in [1.165, 1.54) is 12.1 Å². The molecular formula is C15H18FN3S. The molecule has 0 spiro atoms. The summed E-state index contributed by atoms with van der Waals surface area (Å²) < 4.78 is 12.8. The van der Waals surface area contributed by atoms with Crippen LogP contribution in [0.1, 0.15) is 17.0 Å². The molecule has 0 atom stereocenters. The minimum Gasteiger partial charge on any atom is -0.384 e. The summed E-state index contributed by atoms with van der Waals surface area (Å²) in [4.78, 5) is 8.93. The van der Waals surface area contributed by atoms with Crippen LogP contribution in [0, 0.1) is 26.6 Å². The van der Waals surface area contributed by atoms with E-state index >= 15 is 0 Å². The number of hydrogen-bond donors (Lipinski definition) is 1. The van der Waals surface area contributed by atoms with Crippen molar-refractivity contribution >= 4 is 17.4 Å². The summed E-state index contributed by atoms with van der Waals surface area (Å²) in [7, 11) is 0. The van der Waals surface area contributed by atoms with Crippen LogP contribution in [-0.4, -0.2) is 22.3 Å². The van der Waals surface area contributed by atoms with Crippen LogP contribution in [-0.2, 0) is 0 Å². The fourth-order valence-electron chi connectivity index (χ4n) is 1.71. The standard InChI is InChI=1S/C15H18FN3S/c1-10-11(2)18-15(19-12(10)3)20-9-8-17-14-6-4-13(16)5-7-14/h4-7,17H,8-9H2,1-3H3. The van der Waals surface area contributed by atoms with Gasteiger partial charge in [-0.15, -0.1) is 0 Å². The van der Waals surface area contributed by atoms with E-state index in [0.717, 1.165) is 40.1 Å². The molecule has 3 nitrogen and oxygen atoms in total. The maximum atomic E-state index is 12.8. The van der Waals surface area contributed by atoms with Gasteiger partial charge in [0.05, 0.1) is 0 Å². The van der Waals surface area contributed by atoms with Gasteiger partial charge in [-0.3, -0.25) is 0 Å². The van der Waals surface area contributed by atoms with Gasteiger partial charge in [-0.05, 0) is 50.6 Å². The number of halogens is 1. The molecule has 0 saturated heterocycles. The minimum atomic E-state index is -0.219. The number of rotatable bonds is 5. The number of anilines is 1. The predicted octanol–water partition coefficient (Wildman–Crippen LogP) is 3.75. The molecule has 5 heteroatoms. The third kappa shape index (κ3) is 3.93. The van der Waals surface area contributed by atoms with Crippen LogP contribution < -0.4 is 5.32 Å². The van der Waals surface area contributed by atoms with Gasteiger partial charge in [0.1, 0.15) is 5.82 Å². The molecule has 0 unspecified atom stereocenters. The first kappa shape index (κ1) is 14.8. The molecule has 1 aromatic carbocycles. The monoisotopic (exact) mass is 291 g/mol. The Kier molecular flexibility index (Phi) is 4.95. The summed E-state index contributed by atoms with van der Waals surface area (Å²) in [6.07, 6.45) is 0. The van der Waals surface area contributed by atoms with Gasteiger partial charge in [0.25, 0.3) is 0 Å². The topological polar surface area (TPSA) is 37.8 Å². The number of nitrogens with zero attached hydrogens (tertiary/aromatic N) is 2. The first-order valence-electron chi connectivity index (χ1n) is 6.50. The maximum absolute atomic E-state index is 12.8. The average Bonchev–Trinajstić information content (AvgIpc) is 2.43. The van der Waals surface area contributed by atoms with Gasteiger partial charge in [-0.2, -0.15) is 0 Å². The zero-order valence-electron chi connectivity index (χ0n) is 11.9. The Labute approximate surface area is 123 Å². The first-order chi connectivity index (χ1) is 9.56. The third-order valence-electron chi connectivity index (χ3n) is 3.12. The second kappa shape index (κ2) is 6.70. The molecule has 0 saturated carbocycles. The van der Waals surface area contributed by atoms with Crippen LogP contribution >= 0.6 is 11.8 Å². The van der Waals surface area contributed by atoms with E-state index in [-0.39, 0.29) is 5.82 Å². The lowest BCUT2D eigenvalue weighted by Gasteiger charge is -2.08. The van der Waals surface area contributed by atoms with Crippen LogP contribution in [0.3, 0.4) is 0 Å². The molecule has 1 heterocycles. The Bertz CT molecular complexity index is 561. The van der Waals surface area contributed by atoms with Gasteiger partial charge in [0.2, 0.25) is 0 Å². The lowest BCUT2D eigenvalue weighted by Crippen LogP contribution is -2.05. The summed E-state index contributed by atoms with van der Waals surface area (Å²) >= 11 is 1.62. The number of thioether (sulfide) groups is 1. The van der Waals surface area contributed by atoms with E-state index < -0.39 is 0 Å². The number of benzene rings is 1. The third-order valence-corrected chi connectivity index (χ3v) is 3.97. The zero-order chi connectivity index (χ0) is 14.5. The molecule has 0 radical (unpaired) electrons. The smallest absolute Gasteiger partial charge is 0.188 e. The molecule has 0 fully saturated rings. The highest BCUT2D eigenvalue weighted by atomic mass is 32.2. The summed E-state index contributed by atoms with van der Waals surface area (Å²) in [5, 5.41) is 4.05. The van der Waals surface area contributed by atoms with Crippen molar-refractivity contribution in [3.05, 3.63) is 47.0 Å². The lowest BCUT2D eigenvalue weighted by molar-refractivity contribution is 0.628. The second-order valence-corrected chi connectivity index (χ2v) is 5.65. The Hall–Kier alpha value is -1.62. The van der Waals surface area contributed by atoms with Crippen LogP contribution in [0.25, 0.3) is 0 Å². The molecule has 0 aliphatic heterocycles. The molecule has 1 aromatic heterocycles. The normalized spacial score (nSPS) is 10.6. The minimum absolute atomic E-state index is 0.219. The van der Waals surface area contributed by atoms with Crippen LogP contribution in [0.2, 0.25) is 0 Å². The van der Waals surface area contributed by atoms with Crippen molar-refractivity contribution in [2.45, 2.75) is 25.9 Å². The van der Waals surface area contributed by atoms with E-state index in [1.807, 2.05) is 20.8 Å². The molecular weight excluding hydrogens is 273 g/mol. The molecule has 0 aliphatic carbocycles. The predicted molar refractivity (Wildman–Crippen MR) is 81.9 cm³/mol. The summed E-state index contributed by atoms with van der Waals surface area (Å²) in [5.41, 5.74) is 4.14. The second-order valence-electron chi connectivity index (χ2n) is 4.58. The largest absolute Gasteiger partial charge is 0.384 e. The van der Waals surface area contributed by atoms with Gasteiger partial charge in [0.15, 0.2) is 5.16 Å². The first-order valence-corrected chi connectivity index (χ1v) is 7.49. The lowest BCUT2D eigenvalue weighted by atomic mass is 10.2. The highest BCUT2D eigenvalue weighted by molar-refractivity contribution is 7.99. The van der Waals surface area contributed by atoms with Crippen molar-refractivity contribution in [2.75, 3.05) is 17.6 Å². The molecule has 0 amide bonds. The van der Waals surface area contributed by atoms with Crippen molar-refractivity contribution < 1.29 is 4.39 Å². The highest BCUT2D eigenvalue weighted by Gasteiger charge is 2.04. The fraction of sp³-hybridized carbons (Fsp3) is 0.333. The van der Waals surface area contributed by atoms with Crippen LogP contribution in [0.4, 0.5) is 10.1 Å². The average molecular weight is 291 g/mol. The van der Waals surface area contributed by atoms with Gasteiger partial charge in [-0.1, -0.05) is 11.8 Å². The van der Waals surface area contributed by atoms with E-state index in [2.05, 4.69) is 15.3 Å². The summed E-state index contributed by atoms with van der Waals surface area (Å²) in [6.45, 7) is 6.83. The Balaban J connectivity index is 1.83. The van der Waals surface area contributed by atoms with Crippen LogP contribution in [0.5, 0.6) is 0 Å². The molecule has 2 rings (SSSR count). The van der Waals surface area contributed by atoms with Crippen molar-refractivity contribution in [3.8, 4) is 0 Å². The molecule has 106 valence electrons. The van der Waals surface area contributed by atoms with Crippen molar-refractivity contribution in [1.29, 1.82) is 0 Å². The van der Waals surface area contributed by atoms with Crippen molar-refractivity contribution in [3.63, 3.8) is 0 Å². The number of hydrogen-bond acceptors (Lipinski definition) is 4. The van der Waals surface area contributed by atoms with Gasteiger partial charge in [-0.25, -0.2) is 14.4 Å². The van der Waals surface area contributed by atoms with E-state index in [1.54, 1.807) is 23.9 Å². The zero-order valence-corrected chi connectivity index (χ0v) is 12.7. The maximum Gasteiger partial charge on any atom is 0.188 e. The van der Waals surface area contributed by atoms with E-state index in [9.17, 15) is 4.39 Å². The van der Waals surface area contributed by atoms with Gasteiger partial charge in [0, 0.05) is 29.4 Å². The quantitative estimate of drug-likeness (QED) is 0.517. The Morgan fingerprint density at radius 3 is 2.25 bits per heavy atom. The summed E-state index contributed by atoms with van der Waals surface area (Å²) in [5.74, 6) is 0.642. The van der Waals surface area contributed by atoms with Crippen molar-refractivity contribution in [2.24, 2.45) is 0 Å². The summed E-state index contributed by atoms with van der Waals surface area (Å²) in [6, 6.07) is 6.36. The fourth-order valence-corrected chi connectivity index (χ4v) is 2.50. The molecule has 0 aliphatic rings. The van der Waals surface area contributed by atoms with E-state index in [0.29, 0.717) is 0 Å². The van der Waals surface area contributed by atoms with Gasteiger partial charge < -0.3 is 5.32 Å². The number of nitrogens with one attached hydrogen (secondary N) is 1. The van der Waals surface area contributed by atoms with Gasteiger partial charge >= 0.3 is 0 Å². The Morgan fingerprint density at radius 2 is 1.65 bits per heavy atom.